The van der Waals surface area contributed by atoms with Crippen molar-refractivity contribution in [3.63, 3.8) is 0 Å². The van der Waals surface area contributed by atoms with E-state index in [9.17, 15) is 4.79 Å². The fourth-order valence-electron chi connectivity index (χ4n) is 2.13. The Balaban J connectivity index is 1.91. The molecule has 1 aromatic rings. The first-order valence-electron chi connectivity index (χ1n) is 6.35. The molecule has 4 nitrogen and oxygen atoms in total. The zero-order chi connectivity index (χ0) is 13.7. The van der Waals surface area contributed by atoms with Crippen LogP contribution >= 0.6 is 15.9 Å². The number of rotatable bonds is 3. The van der Waals surface area contributed by atoms with Crippen LogP contribution in [-0.2, 0) is 0 Å². The van der Waals surface area contributed by atoms with Crippen LogP contribution in [0.2, 0.25) is 0 Å². The summed E-state index contributed by atoms with van der Waals surface area (Å²) >= 11 is 3.56. The lowest BCUT2D eigenvalue weighted by Gasteiger charge is -2.36. The Bertz CT molecular complexity index is 456. The Morgan fingerprint density at radius 3 is 2.63 bits per heavy atom. The Morgan fingerprint density at radius 2 is 2.00 bits per heavy atom. The van der Waals surface area contributed by atoms with Gasteiger partial charge in [-0.3, -0.25) is 0 Å². The highest BCUT2D eigenvalue weighted by Gasteiger charge is 2.21. The fourth-order valence-corrected chi connectivity index (χ4v) is 2.67. The van der Waals surface area contributed by atoms with E-state index in [1.54, 1.807) is 6.08 Å². The van der Waals surface area contributed by atoms with Gasteiger partial charge in [0.05, 0.1) is 5.69 Å². The second kappa shape index (κ2) is 6.61. The molecule has 102 valence electrons. The minimum absolute atomic E-state index is 0.00771. The van der Waals surface area contributed by atoms with Crippen molar-refractivity contribution in [2.75, 3.05) is 37.6 Å². The molecule has 0 spiro atoms. The lowest BCUT2D eigenvalue weighted by Crippen LogP contribution is -2.52. The summed E-state index contributed by atoms with van der Waals surface area (Å²) in [6, 6.07) is 8.16. The van der Waals surface area contributed by atoms with E-state index in [4.69, 9.17) is 0 Å². The molecular formula is C14H18BrN3O. The zero-order valence-electron chi connectivity index (χ0n) is 10.8. The third kappa shape index (κ3) is 3.50. The van der Waals surface area contributed by atoms with Crippen LogP contribution in [0.1, 0.15) is 0 Å². The maximum absolute atomic E-state index is 11.8. The van der Waals surface area contributed by atoms with E-state index in [1.807, 2.05) is 23.1 Å². The fraction of sp³-hybridized carbons (Fsp3) is 0.357. The highest BCUT2D eigenvalue weighted by atomic mass is 79.9. The Morgan fingerprint density at radius 1 is 1.32 bits per heavy atom. The second-order valence-corrected chi connectivity index (χ2v) is 5.25. The SMILES string of the molecule is C=CCNC(=O)N1CCN(c2ccccc2Br)CC1. The Hall–Kier alpha value is -1.49. The number of nitrogens with one attached hydrogen (secondary N) is 1. The average Bonchev–Trinajstić information content (AvgIpc) is 2.45. The largest absolute Gasteiger partial charge is 0.367 e. The number of carbonyl (C=O) groups is 1. The third-order valence-corrected chi connectivity index (χ3v) is 3.83. The third-order valence-electron chi connectivity index (χ3n) is 3.16. The summed E-state index contributed by atoms with van der Waals surface area (Å²) in [5, 5.41) is 2.81. The van der Waals surface area contributed by atoms with E-state index in [0.717, 1.165) is 30.7 Å². The van der Waals surface area contributed by atoms with Gasteiger partial charge in [-0.25, -0.2) is 4.79 Å². The van der Waals surface area contributed by atoms with Crippen molar-refractivity contribution in [2.24, 2.45) is 0 Å². The summed E-state index contributed by atoms with van der Waals surface area (Å²) in [5.41, 5.74) is 1.19. The van der Waals surface area contributed by atoms with E-state index in [1.165, 1.54) is 5.69 Å². The summed E-state index contributed by atoms with van der Waals surface area (Å²) < 4.78 is 1.10. The lowest BCUT2D eigenvalue weighted by molar-refractivity contribution is 0.195. The summed E-state index contributed by atoms with van der Waals surface area (Å²) in [6.07, 6.45) is 1.69. The quantitative estimate of drug-likeness (QED) is 0.867. The van der Waals surface area contributed by atoms with E-state index in [0.29, 0.717) is 6.54 Å². The number of amides is 2. The summed E-state index contributed by atoms with van der Waals surface area (Å²) in [5.74, 6) is 0. The smallest absolute Gasteiger partial charge is 0.317 e. The van der Waals surface area contributed by atoms with E-state index < -0.39 is 0 Å². The molecular weight excluding hydrogens is 306 g/mol. The maximum atomic E-state index is 11.8. The van der Waals surface area contributed by atoms with Gasteiger partial charge in [0, 0.05) is 37.2 Å². The molecule has 0 saturated carbocycles. The molecule has 1 N–H and O–H groups in total. The van der Waals surface area contributed by atoms with Crippen LogP contribution < -0.4 is 10.2 Å². The molecule has 0 bridgehead atoms. The number of piperazine rings is 1. The predicted molar refractivity (Wildman–Crippen MR) is 81.5 cm³/mol. The highest BCUT2D eigenvalue weighted by Crippen LogP contribution is 2.26. The summed E-state index contributed by atoms with van der Waals surface area (Å²) in [4.78, 5) is 15.9. The van der Waals surface area contributed by atoms with Gasteiger partial charge in [-0.15, -0.1) is 6.58 Å². The number of halogens is 1. The van der Waals surface area contributed by atoms with Crippen molar-refractivity contribution in [1.82, 2.24) is 10.2 Å². The van der Waals surface area contributed by atoms with Gasteiger partial charge in [-0.05, 0) is 28.1 Å². The Labute approximate surface area is 122 Å². The van der Waals surface area contributed by atoms with Crippen molar-refractivity contribution in [1.29, 1.82) is 0 Å². The molecule has 0 aromatic heterocycles. The van der Waals surface area contributed by atoms with Crippen LogP contribution in [0.25, 0.3) is 0 Å². The van der Waals surface area contributed by atoms with Gasteiger partial charge >= 0.3 is 6.03 Å². The number of nitrogens with zero attached hydrogens (tertiary/aromatic N) is 2. The molecule has 1 aliphatic heterocycles. The molecule has 19 heavy (non-hydrogen) atoms. The monoisotopic (exact) mass is 323 g/mol. The highest BCUT2D eigenvalue weighted by molar-refractivity contribution is 9.10. The molecule has 1 fully saturated rings. The topological polar surface area (TPSA) is 35.6 Å². The van der Waals surface area contributed by atoms with Crippen molar-refractivity contribution >= 4 is 27.6 Å². The first-order valence-corrected chi connectivity index (χ1v) is 7.15. The van der Waals surface area contributed by atoms with Crippen molar-refractivity contribution in [2.45, 2.75) is 0 Å². The molecule has 0 radical (unpaired) electrons. The van der Waals surface area contributed by atoms with Gasteiger partial charge in [0.25, 0.3) is 0 Å². The van der Waals surface area contributed by atoms with Gasteiger partial charge < -0.3 is 15.1 Å². The molecule has 0 unspecified atom stereocenters. The van der Waals surface area contributed by atoms with E-state index >= 15 is 0 Å². The van der Waals surface area contributed by atoms with Gasteiger partial charge in [0.2, 0.25) is 0 Å². The number of hydrogen-bond acceptors (Lipinski definition) is 2. The number of anilines is 1. The van der Waals surface area contributed by atoms with Crippen LogP contribution in [0.5, 0.6) is 0 Å². The zero-order valence-corrected chi connectivity index (χ0v) is 12.4. The predicted octanol–water partition coefficient (Wildman–Crippen LogP) is 2.47. The van der Waals surface area contributed by atoms with Crippen LogP contribution in [-0.4, -0.2) is 43.7 Å². The van der Waals surface area contributed by atoms with Crippen LogP contribution in [0.3, 0.4) is 0 Å². The molecule has 0 atom stereocenters. The van der Waals surface area contributed by atoms with Gasteiger partial charge in [-0.1, -0.05) is 18.2 Å². The molecule has 0 aliphatic carbocycles. The average molecular weight is 324 g/mol. The number of hydrogen-bond donors (Lipinski definition) is 1. The molecule has 1 saturated heterocycles. The summed E-state index contributed by atoms with van der Waals surface area (Å²) in [7, 11) is 0. The second-order valence-electron chi connectivity index (χ2n) is 4.40. The van der Waals surface area contributed by atoms with Gasteiger partial charge in [0.1, 0.15) is 0 Å². The Kier molecular flexibility index (Phi) is 4.85. The van der Waals surface area contributed by atoms with Crippen LogP contribution in [0.4, 0.5) is 10.5 Å². The molecule has 5 heteroatoms. The van der Waals surface area contributed by atoms with Crippen molar-refractivity contribution < 1.29 is 4.79 Å². The molecule has 1 heterocycles. The first kappa shape index (κ1) is 13.9. The van der Waals surface area contributed by atoms with E-state index in [2.05, 4.69) is 38.8 Å². The number of carbonyl (C=O) groups excluding carboxylic acids is 1. The number of urea groups is 1. The lowest BCUT2D eigenvalue weighted by atomic mass is 10.2. The van der Waals surface area contributed by atoms with Gasteiger partial charge in [0.15, 0.2) is 0 Å². The maximum Gasteiger partial charge on any atom is 0.317 e. The standard InChI is InChI=1S/C14H18BrN3O/c1-2-7-16-14(19)18-10-8-17(9-11-18)13-6-4-3-5-12(13)15/h2-6H,1,7-11H2,(H,16,19). The molecule has 2 amide bonds. The van der Waals surface area contributed by atoms with E-state index in [-0.39, 0.29) is 6.03 Å². The van der Waals surface area contributed by atoms with Crippen molar-refractivity contribution in [3.8, 4) is 0 Å². The molecule has 1 aliphatic rings. The van der Waals surface area contributed by atoms with Crippen LogP contribution in [0, 0.1) is 0 Å². The minimum atomic E-state index is -0.00771. The molecule has 1 aromatic carbocycles. The molecule has 2 rings (SSSR count). The minimum Gasteiger partial charge on any atom is -0.367 e. The first-order chi connectivity index (χ1) is 9.22. The normalized spacial score (nSPS) is 15.2. The number of benzene rings is 1. The summed E-state index contributed by atoms with van der Waals surface area (Å²) in [6.45, 7) is 7.29. The van der Waals surface area contributed by atoms with Gasteiger partial charge in [-0.2, -0.15) is 0 Å². The number of para-hydroxylation sites is 1. The van der Waals surface area contributed by atoms with Crippen molar-refractivity contribution in [3.05, 3.63) is 41.4 Å². The van der Waals surface area contributed by atoms with Crippen LogP contribution in [0.15, 0.2) is 41.4 Å².